The molecule has 2 N–H and O–H groups in total. The minimum atomic E-state index is -1.46. The highest BCUT2D eigenvalue weighted by atomic mass is 16.5. The average Bonchev–Trinajstić information content (AvgIpc) is 2.89. The molecule has 0 spiro atoms. The van der Waals surface area contributed by atoms with Crippen LogP contribution < -0.4 is 4.74 Å². The minimum Gasteiger partial charge on any atom is -0.507 e. The van der Waals surface area contributed by atoms with E-state index in [0.29, 0.717) is 0 Å². The van der Waals surface area contributed by atoms with E-state index < -0.39 is 51.7 Å². The lowest BCUT2D eigenvalue weighted by Crippen LogP contribution is -2.33. The van der Waals surface area contributed by atoms with Crippen LogP contribution in [0, 0.1) is 0 Å². The zero-order valence-electron chi connectivity index (χ0n) is 18.4. The van der Waals surface area contributed by atoms with Gasteiger partial charge in [-0.3, -0.25) is 19.2 Å². The van der Waals surface area contributed by atoms with Crippen molar-refractivity contribution < 1.29 is 34.1 Å². The molecule has 0 bridgehead atoms. The summed E-state index contributed by atoms with van der Waals surface area (Å²) in [4.78, 5) is 52.8. The molecule has 0 heterocycles. The van der Waals surface area contributed by atoms with Crippen molar-refractivity contribution in [3.05, 3.63) is 112 Å². The summed E-state index contributed by atoms with van der Waals surface area (Å²) in [6.07, 6.45) is 0. The number of Topliss-reactive ketones (excluding diaryl/α,β-unsaturated/α-hetero) is 4. The van der Waals surface area contributed by atoms with Gasteiger partial charge in [0.25, 0.3) is 0 Å². The first-order valence-electron chi connectivity index (χ1n) is 10.7. The fourth-order valence-corrected chi connectivity index (χ4v) is 4.67. The molecule has 2 aliphatic rings. The van der Waals surface area contributed by atoms with Crippen molar-refractivity contribution in [3.8, 4) is 5.75 Å². The third-order valence-electron chi connectivity index (χ3n) is 6.29. The van der Waals surface area contributed by atoms with Gasteiger partial charge in [-0.05, 0) is 6.07 Å². The lowest BCUT2D eigenvalue weighted by Gasteiger charge is -2.29. The molecule has 7 heteroatoms. The van der Waals surface area contributed by atoms with E-state index in [1.165, 1.54) is 31.4 Å². The Morgan fingerprint density at radius 3 is 1.43 bits per heavy atom. The molecule has 0 atom stereocenters. The van der Waals surface area contributed by atoms with E-state index in [1.807, 2.05) is 0 Å². The predicted octanol–water partition coefficient (Wildman–Crippen LogP) is 4.25. The van der Waals surface area contributed by atoms with Gasteiger partial charge in [0.15, 0.2) is 0 Å². The lowest BCUT2D eigenvalue weighted by atomic mass is 9.72. The molecule has 3 aromatic rings. The van der Waals surface area contributed by atoms with E-state index in [-0.39, 0.29) is 33.6 Å². The molecule has 5 rings (SSSR count). The van der Waals surface area contributed by atoms with Gasteiger partial charge in [0.1, 0.15) is 17.3 Å². The number of carbonyl (C=O) groups is 4. The minimum absolute atomic E-state index is 0.0205. The van der Waals surface area contributed by atoms with E-state index in [0.717, 1.165) is 0 Å². The number of hydrogen-bond acceptors (Lipinski definition) is 7. The second kappa shape index (κ2) is 8.22. The number of carbonyl (C=O) groups excluding carboxylic acids is 4. The first kappa shape index (κ1) is 22.0. The van der Waals surface area contributed by atoms with Crippen molar-refractivity contribution in [1.29, 1.82) is 0 Å². The van der Waals surface area contributed by atoms with Crippen LogP contribution in [0.15, 0.2) is 83.9 Å². The molecule has 0 unspecified atom stereocenters. The number of allylic oxidation sites excluding steroid dienone is 2. The normalized spacial score (nSPS) is 15.5. The number of aliphatic hydroxyl groups excluding tert-OH is 2. The largest absolute Gasteiger partial charge is 0.507 e. The molecule has 0 fully saturated rings. The molecular formula is C28H18O7. The third kappa shape index (κ3) is 3.20. The SMILES string of the molecule is COc1ccccc1C(C1=C(O)c2ccccc2C(=O)C1=O)C1=C(O)c2ccccc2C(=O)C1=O. The smallest absolute Gasteiger partial charge is 0.234 e. The molecule has 2 aliphatic carbocycles. The number of aliphatic hydroxyl groups is 2. The molecule has 172 valence electrons. The Morgan fingerprint density at radius 2 is 0.971 bits per heavy atom. The van der Waals surface area contributed by atoms with E-state index >= 15 is 0 Å². The van der Waals surface area contributed by atoms with Crippen LogP contribution in [0.1, 0.15) is 43.3 Å². The lowest BCUT2D eigenvalue weighted by molar-refractivity contribution is -0.112. The molecule has 0 aromatic heterocycles. The summed E-state index contributed by atoms with van der Waals surface area (Å²) >= 11 is 0. The number of ketones is 4. The average molecular weight is 466 g/mol. The van der Waals surface area contributed by atoms with E-state index in [4.69, 9.17) is 4.74 Å². The second-order valence-corrected chi connectivity index (χ2v) is 8.11. The maximum Gasteiger partial charge on any atom is 0.234 e. The van der Waals surface area contributed by atoms with Gasteiger partial charge in [-0.2, -0.15) is 0 Å². The summed E-state index contributed by atoms with van der Waals surface area (Å²) in [6, 6.07) is 18.5. The van der Waals surface area contributed by atoms with Crippen LogP contribution in [0.3, 0.4) is 0 Å². The highest BCUT2D eigenvalue weighted by molar-refractivity contribution is 6.55. The third-order valence-corrected chi connectivity index (χ3v) is 6.29. The van der Waals surface area contributed by atoms with E-state index in [2.05, 4.69) is 0 Å². The van der Waals surface area contributed by atoms with Gasteiger partial charge in [-0.1, -0.05) is 66.7 Å². The predicted molar refractivity (Wildman–Crippen MR) is 126 cm³/mol. The van der Waals surface area contributed by atoms with Crippen molar-refractivity contribution in [2.24, 2.45) is 0 Å². The number of para-hydroxylation sites is 1. The highest BCUT2D eigenvalue weighted by Gasteiger charge is 2.45. The van der Waals surface area contributed by atoms with Crippen LogP contribution >= 0.6 is 0 Å². The molecule has 35 heavy (non-hydrogen) atoms. The van der Waals surface area contributed by atoms with Gasteiger partial charge in [-0.25, -0.2) is 0 Å². The summed E-state index contributed by atoms with van der Waals surface area (Å²) in [5.74, 6) is -6.09. The van der Waals surface area contributed by atoms with Crippen LogP contribution in [0.5, 0.6) is 5.75 Å². The van der Waals surface area contributed by atoms with Crippen molar-refractivity contribution >= 4 is 34.7 Å². The van der Waals surface area contributed by atoms with E-state index in [1.54, 1.807) is 48.5 Å². The summed E-state index contributed by atoms with van der Waals surface area (Å²) in [5, 5.41) is 22.5. The Bertz CT molecular complexity index is 1430. The van der Waals surface area contributed by atoms with Crippen molar-refractivity contribution in [1.82, 2.24) is 0 Å². The van der Waals surface area contributed by atoms with Crippen molar-refractivity contribution in [2.75, 3.05) is 7.11 Å². The summed E-state index contributed by atoms with van der Waals surface area (Å²) in [5.41, 5.74) is -0.344. The number of hydrogen-bond donors (Lipinski definition) is 2. The Kier molecular flexibility index (Phi) is 5.17. The van der Waals surface area contributed by atoms with Gasteiger partial charge < -0.3 is 14.9 Å². The van der Waals surface area contributed by atoms with Crippen LogP contribution in [0.2, 0.25) is 0 Å². The molecule has 7 nitrogen and oxygen atoms in total. The standard InChI is InChI=1S/C28H18O7/c1-35-19-13-7-6-12-18(19)20(21-23(29)14-8-2-4-10-16(14)25(31)27(21)33)22-24(30)15-9-3-5-11-17(15)26(32)28(22)34/h2-13,20,29-30H,1H3. The Labute approximate surface area is 199 Å². The molecule has 0 radical (unpaired) electrons. The second-order valence-electron chi connectivity index (χ2n) is 8.11. The molecular weight excluding hydrogens is 448 g/mol. The summed E-state index contributed by atoms with van der Waals surface area (Å²) < 4.78 is 5.44. The zero-order valence-corrected chi connectivity index (χ0v) is 18.4. The maximum atomic E-state index is 13.4. The Hall–Kier alpha value is -4.78. The van der Waals surface area contributed by atoms with Gasteiger partial charge in [0.2, 0.25) is 23.1 Å². The topological polar surface area (TPSA) is 118 Å². The van der Waals surface area contributed by atoms with Crippen LogP contribution in [-0.4, -0.2) is 40.5 Å². The number of methoxy groups -OCH3 is 1. The highest BCUT2D eigenvalue weighted by Crippen LogP contribution is 2.46. The number of rotatable bonds is 4. The van der Waals surface area contributed by atoms with Gasteiger partial charge >= 0.3 is 0 Å². The van der Waals surface area contributed by atoms with E-state index in [9.17, 15) is 29.4 Å². The number of fused-ring (bicyclic) bond motifs is 2. The number of ether oxygens (including phenoxy) is 1. The monoisotopic (exact) mass is 466 g/mol. The van der Waals surface area contributed by atoms with Crippen molar-refractivity contribution in [3.63, 3.8) is 0 Å². The Balaban J connectivity index is 1.89. The molecule has 0 amide bonds. The Morgan fingerprint density at radius 1 is 0.571 bits per heavy atom. The molecule has 3 aromatic carbocycles. The molecule has 0 aliphatic heterocycles. The van der Waals surface area contributed by atoms with Gasteiger partial charge in [0, 0.05) is 27.8 Å². The molecule has 0 saturated carbocycles. The van der Waals surface area contributed by atoms with Gasteiger partial charge in [0.05, 0.1) is 24.2 Å². The number of benzene rings is 3. The fourth-order valence-electron chi connectivity index (χ4n) is 4.67. The van der Waals surface area contributed by atoms with Crippen LogP contribution in [-0.2, 0) is 9.59 Å². The van der Waals surface area contributed by atoms with Crippen LogP contribution in [0.25, 0.3) is 11.5 Å². The summed E-state index contributed by atoms with van der Waals surface area (Å²) in [7, 11) is 1.38. The first-order chi connectivity index (χ1) is 16.9. The maximum absolute atomic E-state index is 13.4. The van der Waals surface area contributed by atoms with Gasteiger partial charge in [-0.15, -0.1) is 0 Å². The molecule has 0 saturated heterocycles. The first-order valence-corrected chi connectivity index (χ1v) is 10.7. The fraction of sp³-hybridized carbons (Fsp3) is 0.0714. The van der Waals surface area contributed by atoms with Crippen LogP contribution in [0.4, 0.5) is 0 Å². The van der Waals surface area contributed by atoms with Crippen molar-refractivity contribution in [2.45, 2.75) is 5.92 Å². The quantitative estimate of drug-likeness (QED) is 0.552. The zero-order chi connectivity index (χ0) is 24.9. The summed E-state index contributed by atoms with van der Waals surface area (Å²) in [6.45, 7) is 0.